The van der Waals surface area contributed by atoms with Crippen molar-refractivity contribution in [2.24, 2.45) is 5.92 Å². The zero-order valence-electron chi connectivity index (χ0n) is 13.4. The van der Waals surface area contributed by atoms with E-state index in [9.17, 15) is 8.42 Å². The summed E-state index contributed by atoms with van der Waals surface area (Å²) < 4.78 is 26.1. The van der Waals surface area contributed by atoms with Crippen LogP contribution in [0.25, 0.3) is 0 Å². The Balaban J connectivity index is 1.68. The topological polar surface area (TPSA) is 40.6 Å². The van der Waals surface area contributed by atoms with E-state index < -0.39 is 10.0 Å². The van der Waals surface area contributed by atoms with E-state index >= 15 is 0 Å². The summed E-state index contributed by atoms with van der Waals surface area (Å²) >= 11 is 6.14. The maximum absolute atomic E-state index is 12.2. The van der Waals surface area contributed by atoms with Crippen molar-refractivity contribution in [1.82, 2.24) is 9.21 Å². The first-order valence-corrected chi connectivity index (χ1v) is 10.7. The predicted molar refractivity (Wildman–Crippen MR) is 92.1 cm³/mol. The SMILES string of the molecule is CS(=O)(=O)N1CCC[C@@H]2CN3CCc4cc(Cl)ccc4[C@@H]3C[C@@H]21. The van der Waals surface area contributed by atoms with Gasteiger partial charge in [-0.15, -0.1) is 0 Å². The van der Waals surface area contributed by atoms with Crippen LogP contribution in [0.15, 0.2) is 18.2 Å². The minimum absolute atomic E-state index is 0.154. The molecule has 0 bridgehead atoms. The number of halogens is 1. The van der Waals surface area contributed by atoms with E-state index in [1.165, 1.54) is 17.4 Å². The molecule has 0 spiro atoms. The van der Waals surface area contributed by atoms with Crippen LogP contribution in [0.3, 0.4) is 0 Å². The molecular formula is C17H23ClN2O2S. The van der Waals surface area contributed by atoms with E-state index in [1.807, 2.05) is 6.07 Å². The van der Waals surface area contributed by atoms with Crippen LogP contribution < -0.4 is 0 Å². The summed E-state index contributed by atoms with van der Waals surface area (Å²) in [7, 11) is -3.12. The van der Waals surface area contributed by atoms with Gasteiger partial charge in [-0.2, -0.15) is 4.31 Å². The third-order valence-electron chi connectivity index (χ3n) is 5.80. The van der Waals surface area contributed by atoms with Crippen LogP contribution in [0.1, 0.15) is 36.4 Å². The van der Waals surface area contributed by atoms with Gasteiger partial charge >= 0.3 is 0 Å². The number of hydrogen-bond donors (Lipinski definition) is 0. The Kier molecular flexibility index (Phi) is 3.95. The van der Waals surface area contributed by atoms with Crippen LogP contribution in [0.4, 0.5) is 0 Å². The molecule has 3 atom stereocenters. The van der Waals surface area contributed by atoms with E-state index in [-0.39, 0.29) is 6.04 Å². The highest BCUT2D eigenvalue weighted by Crippen LogP contribution is 2.43. The third-order valence-corrected chi connectivity index (χ3v) is 7.34. The Hall–Kier alpha value is -0.620. The second-order valence-electron chi connectivity index (χ2n) is 7.18. The molecule has 0 amide bonds. The monoisotopic (exact) mass is 354 g/mol. The van der Waals surface area contributed by atoms with Crippen LogP contribution in [-0.4, -0.2) is 49.6 Å². The quantitative estimate of drug-likeness (QED) is 0.778. The fraction of sp³-hybridized carbons (Fsp3) is 0.647. The number of sulfonamides is 1. The number of nitrogens with zero attached hydrogens (tertiary/aromatic N) is 2. The molecule has 23 heavy (non-hydrogen) atoms. The van der Waals surface area contributed by atoms with Crippen molar-refractivity contribution in [2.45, 2.75) is 37.8 Å². The number of rotatable bonds is 1. The maximum Gasteiger partial charge on any atom is 0.211 e. The molecule has 4 rings (SSSR count). The van der Waals surface area contributed by atoms with E-state index in [0.29, 0.717) is 18.5 Å². The molecule has 1 aromatic carbocycles. The summed E-state index contributed by atoms with van der Waals surface area (Å²) in [6, 6.07) is 6.67. The van der Waals surface area contributed by atoms with E-state index in [1.54, 1.807) is 4.31 Å². The van der Waals surface area contributed by atoms with Crippen molar-refractivity contribution in [1.29, 1.82) is 0 Å². The molecule has 3 aliphatic heterocycles. The maximum atomic E-state index is 12.2. The minimum Gasteiger partial charge on any atom is -0.296 e. The first-order valence-electron chi connectivity index (χ1n) is 8.42. The van der Waals surface area contributed by atoms with Gasteiger partial charge in [0.2, 0.25) is 10.0 Å². The molecule has 0 N–H and O–H groups in total. The van der Waals surface area contributed by atoms with Gasteiger partial charge in [-0.3, -0.25) is 4.90 Å². The van der Waals surface area contributed by atoms with Gasteiger partial charge in [-0.25, -0.2) is 8.42 Å². The molecule has 0 saturated carbocycles. The third kappa shape index (κ3) is 2.82. The minimum atomic E-state index is -3.12. The Labute approximate surface area is 143 Å². The van der Waals surface area contributed by atoms with Crippen molar-refractivity contribution in [3.63, 3.8) is 0 Å². The summed E-state index contributed by atoms with van der Waals surface area (Å²) in [6.07, 6.45) is 5.44. The van der Waals surface area contributed by atoms with Gasteiger partial charge in [0.25, 0.3) is 0 Å². The van der Waals surface area contributed by atoms with E-state index in [0.717, 1.165) is 43.8 Å². The first kappa shape index (κ1) is 15.9. The molecule has 2 saturated heterocycles. The standard InChI is InChI=1S/C17H23ClN2O2S/c1-23(21,22)20-7-2-3-13-11-19-8-6-12-9-14(18)4-5-15(12)17(19)10-16(13)20/h4-5,9,13,16-17H,2-3,6-8,10-11H2,1H3/t13-,16+,17+/m1/s1. The van der Waals surface area contributed by atoms with Crippen molar-refractivity contribution in [3.8, 4) is 0 Å². The van der Waals surface area contributed by atoms with Gasteiger partial charge in [-0.05, 0) is 54.9 Å². The van der Waals surface area contributed by atoms with Gasteiger partial charge in [-0.1, -0.05) is 17.7 Å². The van der Waals surface area contributed by atoms with Gasteiger partial charge in [0.05, 0.1) is 6.26 Å². The van der Waals surface area contributed by atoms with Crippen molar-refractivity contribution < 1.29 is 8.42 Å². The Morgan fingerprint density at radius 1 is 1.26 bits per heavy atom. The number of fused-ring (bicyclic) bond motifs is 4. The average Bonchev–Trinajstić information content (AvgIpc) is 2.51. The first-order chi connectivity index (χ1) is 10.9. The number of benzene rings is 1. The molecule has 0 aromatic heterocycles. The average molecular weight is 355 g/mol. The van der Waals surface area contributed by atoms with Crippen molar-refractivity contribution in [2.75, 3.05) is 25.9 Å². The summed E-state index contributed by atoms with van der Waals surface area (Å²) in [5.74, 6) is 0.476. The second kappa shape index (κ2) is 5.73. The highest BCUT2D eigenvalue weighted by atomic mass is 35.5. The van der Waals surface area contributed by atoms with Gasteiger partial charge in [0.1, 0.15) is 0 Å². The van der Waals surface area contributed by atoms with Crippen LogP contribution in [0.2, 0.25) is 5.02 Å². The van der Waals surface area contributed by atoms with Gasteiger partial charge < -0.3 is 0 Å². The van der Waals surface area contributed by atoms with Crippen LogP contribution in [0, 0.1) is 5.92 Å². The Bertz CT molecular complexity index is 721. The lowest BCUT2D eigenvalue weighted by atomic mass is 9.77. The fourth-order valence-corrected chi connectivity index (χ4v) is 6.20. The lowest BCUT2D eigenvalue weighted by Gasteiger charge is -2.51. The predicted octanol–water partition coefficient (Wildman–Crippen LogP) is 2.68. The summed E-state index contributed by atoms with van der Waals surface area (Å²) in [4.78, 5) is 2.56. The molecule has 2 fully saturated rings. The summed E-state index contributed by atoms with van der Waals surface area (Å²) in [6.45, 7) is 2.75. The highest BCUT2D eigenvalue weighted by molar-refractivity contribution is 7.88. The Morgan fingerprint density at radius 3 is 2.87 bits per heavy atom. The summed E-state index contributed by atoms with van der Waals surface area (Å²) in [5.41, 5.74) is 2.68. The zero-order valence-corrected chi connectivity index (χ0v) is 15.0. The number of hydrogen-bond acceptors (Lipinski definition) is 3. The number of piperidine rings is 2. The lowest BCUT2D eigenvalue weighted by molar-refractivity contribution is 0.0222. The molecule has 4 nitrogen and oxygen atoms in total. The zero-order chi connectivity index (χ0) is 16.2. The largest absolute Gasteiger partial charge is 0.296 e. The Morgan fingerprint density at radius 2 is 2.09 bits per heavy atom. The van der Waals surface area contributed by atoms with E-state index in [4.69, 9.17) is 11.6 Å². The van der Waals surface area contributed by atoms with Gasteiger partial charge in [0, 0.05) is 36.7 Å². The van der Waals surface area contributed by atoms with Gasteiger partial charge in [0.15, 0.2) is 0 Å². The van der Waals surface area contributed by atoms with Crippen LogP contribution >= 0.6 is 11.6 Å². The molecule has 6 heteroatoms. The van der Waals surface area contributed by atoms with Crippen LogP contribution in [0.5, 0.6) is 0 Å². The smallest absolute Gasteiger partial charge is 0.211 e. The highest BCUT2D eigenvalue weighted by Gasteiger charge is 2.44. The van der Waals surface area contributed by atoms with E-state index in [2.05, 4.69) is 17.0 Å². The normalized spacial score (nSPS) is 32.0. The fourth-order valence-electron chi connectivity index (χ4n) is 4.79. The molecule has 0 aliphatic carbocycles. The van der Waals surface area contributed by atoms with Crippen molar-refractivity contribution >= 4 is 21.6 Å². The molecule has 1 aromatic rings. The lowest BCUT2D eigenvalue weighted by Crippen LogP contribution is -2.57. The van der Waals surface area contributed by atoms with Crippen molar-refractivity contribution in [3.05, 3.63) is 34.3 Å². The molecule has 126 valence electrons. The summed E-state index contributed by atoms with van der Waals surface area (Å²) in [5, 5.41) is 0.793. The second-order valence-corrected chi connectivity index (χ2v) is 9.55. The molecule has 3 heterocycles. The van der Waals surface area contributed by atoms with Crippen LogP contribution in [-0.2, 0) is 16.4 Å². The molecule has 0 radical (unpaired) electrons. The molecule has 3 aliphatic rings. The molecule has 0 unspecified atom stereocenters. The molecular weight excluding hydrogens is 332 g/mol.